The average Bonchev–Trinajstić information content (AvgIpc) is 3.22. The topological polar surface area (TPSA) is 69.6 Å². The third kappa shape index (κ3) is 4.30. The highest BCUT2D eigenvalue weighted by atomic mass is 35.5. The van der Waals surface area contributed by atoms with Gasteiger partial charge in [0, 0.05) is 21.0 Å². The molecule has 0 fully saturated rings. The molecule has 3 aromatic carbocycles. The largest absolute Gasteiger partial charge is 0.490 e. The third-order valence-electron chi connectivity index (χ3n) is 5.10. The number of aromatic nitrogens is 2. The van der Waals surface area contributed by atoms with Crippen LogP contribution in [0.4, 0.5) is 0 Å². The summed E-state index contributed by atoms with van der Waals surface area (Å²) in [6, 6.07) is 19.4. The number of hydrogen-bond acceptors (Lipinski definition) is 5. The summed E-state index contributed by atoms with van der Waals surface area (Å²) in [5.74, 6) is 1.26. The van der Waals surface area contributed by atoms with E-state index >= 15 is 0 Å². The zero-order valence-electron chi connectivity index (χ0n) is 18.3. The second-order valence-electron chi connectivity index (χ2n) is 7.96. The number of para-hydroxylation sites is 1. The zero-order chi connectivity index (χ0) is 23.8. The normalized spacial score (nSPS) is 11.8. The molecule has 0 saturated carbocycles. The summed E-state index contributed by atoms with van der Waals surface area (Å²) < 4.78 is 13.1. The van der Waals surface area contributed by atoms with Crippen LogP contribution in [0.3, 0.4) is 0 Å². The molecule has 2 aromatic heterocycles. The van der Waals surface area contributed by atoms with Gasteiger partial charge in [-0.2, -0.15) is 9.78 Å². The maximum absolute atomic E-state index is 13.4. The molecule has 0 amide bonds. The number of rotatable bonds is 5. The SMILES string of the molecule is CC(C)Oc1ccc(Cl)cc1C=Nn1c(-c2cc3cc(Cl)ccc3o2)nc2ccccc2c1=O. The predicted molar refractivity (Wildman–Crippen MR) is 136 cm³/mol. The number of benzene rings is 3. The maximum atomic E-state index is 13.4. The van der Waals surface area contributed by atoms with Crippen LogP contribution >= 0.6 is 23.2 Å². The third-order valence-corrected chi connectivity index (χ3v) is 5.57. The highest BCUT2D eigenvalue weighted by Gasteiger charge is 2.17. The van der Waals surface area contributed by atoms with Crippen LogP contribution in [0, 0.1) is 0 Å². The van der Waals surface area contributed by atoms with E-state index in [0.29, 0.717) is 43.6 Å². The smallest absolute Gasteiger partial charge is 0.282 e. The minimum absolute atomic E-state index is 0.0451. The number of ether oxygens (including phenoxy) is 1. The lowest BCUT2D eigenvalue weighted by atomic mass is 10.2. The number of hydrogen-bond donors (Lipinski definition) is 0. The van der Waals surface area contributed by atoms with E-state index in [4.69, 9.17) is 32.4 Å². The molecule has 2 heterocycles. The zero-order valence-corrected chi connectivity index (χ0v) is 19.8. The summed E-state index contributed by atoms with van der Waals surface area (Å²) in [5, 5.41) is 6.83. The molecule has 0 aliphatic carbocycles. The second kappa shape index (κ2) is 8.97. The maximum Gasteiger partial charge on any atom is 0.282 e. The van der Waals surface area contributed by atoms with E-state index < -0.39 is 0 Å². The van der Waals surface area contributed by atoms with Gasteiger partial charge in [0.25, 0.3) is 5.56 Å². The van der Waals surface area contributed by atoms with Gasteiger partial charge in [-0.25, -0.2) is 4.98 Å². The van der Waals surface area contributed by atoms with Gasteiger partial charge in [0.1, 0.15) is 11.3 Å². The molecule has 6 nitrogen and oxygen atoms in total. The van der Waals surface area contributed by atoms with Crippen LogP contribution in [0.15, 0.2) is 81.0 Å². The Kier molecular flexibility index (Phi) is 5.86. The molecule has 0 atom stereocenters. The van der Waals surface area contributed by atoms with E-state index in [-0.39, 0.29) is 17.5 Å². The Hall–Kier alpha value is -3.61. The second-order valence-corrected chi connectivity index (χ2v) is 8.83. The molecule has 34 heavy (non-hydrogen) atoms. The molecule has 5 rings (SSSR count). The van der Waals surface area contributed by atoms with Crippen LogP contribution in [0.2, 0.25) is 10.0 Å². The van der Waals surface area contributed by atoms with Crippen LogP contribution in [-0.2, 0) is 0 Å². The first-order valence-corrected chi connectivity index (χ1v) is 11.4. The molecular formula is C26H19Cl2N3O3. The van der Waals surface area contributed by atoms with Crippen LogP contribution in [0.1, 0.15) is 19.4 Å². The van der Waals surface area contributed by atoms with Crippen molar-refractivity contribution in [3.05, 3.63) is 92.7 Å². The summed E-state index contributed by atoms with van der Waals surface area (Å²) in [7, 11) is 0. The molecule has 0 saturated heterocycles. The van der Waals surface area contributed by atoms with Crippen molar-refractivity contribution in [2.75, 3.05) is 0 Å². The van der Waals surface area contributed by atoms with Crippen LogP contribution < -0.4 is 10.3 Å². The van der Waals surface area contributed by atoms with Gasteiger partial charge < -0.3 is 9.15 Å². The lowest BCUT2D eigenvalue weighted by Gasteiger charge is -2.12. The average molecular weight is 492 g/mol. The molecule has 0 aliphatic rings. The summed E-state index contributed by atoms with van der Waals surface area (Å²) in [6.45, 7) is 3.86. The molecule has 0 N–H and O–H groups in total. The van der Waals surface area contributed by atoms with Crippen LogP contribution in [0.5, 0.6) is 5.75 Å². The van der Waals surface area contributed by atoms with Crippen molar-refractivity contribution in [3.8, 4) is 17.3 Å². The molecule has 0 spiro atoms. The fourth-order valence-corrected chi connectivity index (χ4v) is 3.98. The Bertz CT molecular complexity index is 1620. The van der Waals surface area contributed by atoms with Gasteiger partial charge in [-0.15, -0.1) is 0 Å². The predicted octanol–water partition coefficient (Wildman–Crippen LogP) is 6.79. The Balaban J connectivity index is 1.71. The Morgan fingerprint density at radius 2 is 1.79 bits per heavy atom. The van der Waals surface area contributed by atoms with Crippen LogP contribution in [-0.4, -0.2) is 22.0 Å². The Morgan fingerprint density at radius 1 is 1.03 bits per heavy atom. The lowest BCUT2D eigenvalue weighted by Crippen LogP contribution is -2.20. The van der Waals surface area contributed by atoms with E-state index in [9.17, 15) is 4.79 Å². The van der Waals surface area contributed by atoms with Gasteiger partial charge in [-0.3, -0.25) is 4.79 Å². The molecule has 0 radical (unpaired) electrons. The van der Waals surface area contributed by atoms with Gasteiger partial charge >= 0.3 is 0 Å². The Labute approximate surface area is 205 Å². The summed E-state index contributed by atoms with van der Waals surface area (Å²) in [5.41, 5.74) is 1.46. The first-order valence-electron chi connectivity index (χ1n) is 10.6. The van der Waals surface area contributed by atoms with Gasteiger partial charge in [0.15, 0.2) is 5.76 Å². The van der Waals surface area contributed by atoms with E-state index in [0.717, 1.165) is 5.39 Å². The number of halogens is 2. The molecule has 0 aliphatic heterocycles. The number of nitrogens with zero attached hydrogens (tertiary/aromatic N) is 3. The van der Waals surface area contributed by atoms with Gasteiger partial charge in [0.05, 0.1) is 23.2 Å². The standard InChI is InChI=1S/C26H19Cl2N3O3/c1-15(2)33-23-10-8-19(28)12-17(23)14-29-31-25(30-21-6-4-3-5-20(21)26(31)32)24-13-16-11-18(27)7-9-22(16)34-24/h3-15H,1-2H3. The van der Waals surface area contributed by atoms with Crippen molar-refractivity contribution in [1.29, 1.82) is 0 Å². The van der Waals surface area contributed by atoms with Crippen molar-refractivity contribution in [2.24, 2.45) is 5.10 Å². The lowest BCUT2D eigenvalue weighted by molar-refractivity contribution is 0.242. The molecule has 0 bridgehead atoms. The molecular weight excluding hydrogens is 473 g/mol. The quantitative estimate of drug-likeness (QED) is 0.254. The van der Waals surface area contributed by atoms with E-state index in [1.807, 2.05) is 19.9 Å². The van der Waals surface area contributed by atoms with Crippen molar-refractivity contribution in [3.63, 3.8) is 0 Å². The minimum atomic E-state index is -0.330. The molecule has 0 unspecified atom stereocenters. The minimum Gasteiger partial charge on any atom is -0.490 e. The Morgan fingerprint density at radius 3 is 2.62 bits per heavy atom. The summed E-state index contributed by atoms with van der Waals surface area (Å²) >= 11 is 12.3. The first-order chi connectivity index (χ1) is 16.4. The van der Waals surface area contributed by atoms with Crippen molar-refractivity contribution >= 4 is 51.3 Å². The van der Waals surface area contributed by atoms with Gasteiger partial charge in [-0.05, 0) is 68.4 Å². The van der Waals surface area contributed by atoms with Crippen molar-refractivity contribution < 1.29 is 9.15 Å². The fourth-order valence-electron chi connectivity index (χ4n) is 3.62. The summed E-state index contributed by atoms with van der Waals surface area (Å²) in [6.07, 6.45) is 1.49. The van der Waals surface area contributed by atoms with Crippen LogP contribution in [0.25, 0.3) is 33.5 Å². The molecule has 5 aromatic rings. The van der Waals surface area contributed by atoms with Crippen molar-refractivity contribution in [1.82, 2.24) is 9.66 Å². The molecule has 8 heteroatoms. The fraction of sp³-hybridized carbons (Fsp3) is 0.115. The highest BCUT2D eigenvalue weighted by Crippen LogP contribution is 2.29. The van der Waals surface area contributed by atoms with E-state index in [1.54, 1.807) is 60.7 Å². The van der Waals surface area contributed by atoms with Crippen molar-refractivity contribution in [2.45, 2.75) is 20.0 Å². The molecule has 170 valence electrons. The highest BCUT2D eigenvalue weighted by molar-refractivity contribution is 6.31. The van der Waals surface area contributed by atoms with Gasteiger partial charge in [-0.1, -0.05) is 35.3 Å². The monoisotopic (exact) mass is 491 g/mol. The summed E-state index contributed by atoms with van der Waals surface area (Å²) in [4.78, 5) is 18.1. The number of furan rings is 1. The number of fused-ring (bicyclic) bond motifs is 2. The first kappa shape index (κ1) is 22.2. The van der Waals surface area contributed by atoms with E-state index in [1.165, 1.54) is 10.9 Å². The van der Waals surface area contributed by atoms with E-state index in [2.05, 4.69) is 10.1 Å². The van der Waals surface area contributed by atoms with Gasteiger partial charge in [0.2, 0.25) is 5.82 Å².